The van der Waals surface area contributed by atoms with Gasteiger partial charge in [0.1, 0.15) is 21.1 Å². The highest BCUT2D eigenvalue weighted by Crippen LogP contribution is 2.46. The summed E-state index contributed by atoms with van der Waals surface area (Å²) < 4.78 is 77.1. The van der Waals surface area contributed by atoms with E-state index in [9.17, 15) is 22.6 Å². The lowest BCUT2D eigenvalue weighted by atomic mass is 9.91. The van der Waals surface area contributed by atoms with Crippen LogP contribution in [-0.4, -0.2) is 69.6 Å². The van der Waals surface area contributed by atoms with Crippen LogP contribution in [0.5, 0.6) is 0 Å². The van der Waals surface area contributed by atoms with Gasteiger partial charge in [0.15, 0.2) is 0 Å². The van der Waals surface area contributed by atoms with Gasteiger partial charge in [-0.3, -0.25) is 14.1 Å². The van der Waals surface area contributed by atoms with Gasteiger partial charge in [0.05, 0.1) is 11.0 Å². The summed E-state index contributed by atoms with van der Waals surface area (Å²) in [5.41, 5.74) is 9.63. The van der Waals surface area contributed by atoms with E-state index in [2.05, 4.69) is 41.7 Å². The summed E-state index contributed by atoms with van der Waals surface area (Å²) >= 11 is 0. The van der Waals surface area contributed by atoms with Crippen LogP contribution < -0.4 is 21.3 Å². The Bertz CT molecular complexity index is 3570. The zero-order chi connectivity index (χ0) is 60.6. The Hall–Kier alpha value is -5.91. The van der Waals surface area contributed by atoms with E-state index in [0.29, 0.717) is 58.5 Å². The number of nitrogens with one attached hydrogen (secondary N) is 3. The van der Waals surface area contributed by atoms with E-state index in [-0.39, 0.29) is 67.6 Å². The Morgan fingerprint density at radius 1 is 0.622 bits per heavy atom. The Morgan fingerprint density at radius 2 is 1.16 bits per heavy atom. The smallest absolute Gasteiger partial charge is 0.295 e. The van der Waals surface area contributed by atoms with Gasteiger partial charge in [-0.25, -0.2) is 17.7 Å². The number of fused-ring (bicyclic) bond motifs is 2. The molecule has 4 N–H and O–H groups in total. The zero-order valence-corrected chi connectivity index (χ0v) is 53.5. The first-order valence-corrected chi connectivity index (χ1v) is 32.2. The molecule has 0 saturated carbocycles. The van der Waals surface area contributed by atoms with E-state index in [1.54, 1.807) is 25.2 Å². The topological polar surface area (TPSA) is 191 Å². The highest BCUT2D eigenvalue weighted by Gasteiger charge is 2.31. The second-order valence-electron chi connectivity index (χ2n) is 25.2. The molecular formula is C66H92N6O8S2. The number of amides is 2. The van der Waals surface area contributed by atoms with E-state index in [1.165, 1.54) is 28.9 Å². The summed E-state index contributed by atoms with van der Waals surface area (Å²) in [6.07, 6.45) is 10.7. The summed E-state index contributed by atoms with van der Waals surface area (Å²) in [4.78, 5) is 33.9. The number of carbonyl (C=O) groups excluding carboxylic acids is 2. The van der Waals surface area contributed by atoms with Gasteiger partial charge in [-0.05, 0) is 136 Å². The maximum atomic E-state index is 15.4. The van der Waals surface area contributed by atoms with Gasteiger partial charge in [-0.2, -0.15) is 8.42 Å². The van der Waals surface area contributed by atoms with Crippen LogP contribution in [0.2, 0.25) is 0 Å². The first kappa shape index (κ1) is 65.2. The lowest BCUT2D eigenvalue weighted by molar-refractivity contribution is -0.118. The van der Waals surface area contributed by atoms with Crippen molar-refractivity contribution < 1.29 is 35.4 Å². The third kappa shape index (κ3) is 16.5. The minimum absolute atomic E-state index is 0.0759. The fourth-order valence-electron chi connectivity index (χ4n) is 11.0. The molecule has 446 valence electrons. The Kier molecular flexibility index (Phi) is 21.6. The number of rotatable bonds is 25. The molecule has 6 rings (SSSR count). The van der Waals surface area contributed by atoms with Crippen molar-refractivity contribution in [2.75, 3.05) is 43.1 Å². The van der Waals surface area contributed by atoms with Crippen molar-refractivity contribution in [3.63, 3.8) is 0 Å². The highest BCUT2D eigenvalue weighted by molar-refractivity contribution is 7.89. The van der Waals surface area contributed by atoms with E-state index >= 15 is 8.42 Å². The molecule has 0 saturated heterocycles. The maximum absolute atomic E-state index is 15.4. The third-order valence-corrected chi connectivity index (χ3v) is 17.9. The molecule has 0 atom stereocenters. The van der Waals surface area contributed by atoms with Crippen molar-refractivity contribution in [3.8, 4) is 22.5 Å². The monoisotopic (exact) mass is 1160 g/mol. The standard InChI is InChI=1S/C66H92N6O8S2/c1-17-19-21-23-27-31-71(15)41-48-35-50-54(37-52(48)67-61-42(3)33-44(5)63(46(61)7)69-58(73)39-65(9,10)11)80-55-38-53(68-62-43(4)34-45(6)64(47(62)8)70-59(74)40-66(12,13)14)57(81(75,76)72(16)32-28-24-22-20-18-2)36-51(55)60(50)49-29-25-26-30-56(49)82(77,78)79/h25-26,29-30,33-38,67H,17-24,27-28,31-32,39-41H2,1-16H3,(H,69,73)(H,70,74)(H,77,78,79). The van der Waals surface area contributed by atoms with Gasteiger partial charge in [0, 0.05) is 89.9 Å². The van der Waals surface area contributed by atoms with Crippen LogP contribution in [0.4, 0.5) is 28.4 Å². The highest BCUT2D eigenvalue weighted by atomic mass is 32.2. The molecule has 0 fully saturated rings. The Labute approximate surface area is 490 Å². The number of sulfonamides is 1. The average molecular weight is 1160 g/mol. The zero-order valence-electron chi connectivity index (χ0n) is 51.8. The van der Waals surface area contributed by atoms with Gasteiger partial charge in [-0.15, -0.1) is 0 Å². The normalized spacial score (nSPS) is 12.8. The molecule has 16 heteroatoms. The number of hydrogen-bond acceptors (Lipinski definition) is 10. The van der Waals surface area contributed by atoms with Gasteiger partial charge in [0.2, 0.25) is 21.8 Å². The number of hydrogen-bond donors (Lipinski definition) is 4. The van der Waals surface area contributed by atoms with E-state index in [1.807, 2.05) is 107 Å². The molecule has 0 aromatic heterocycles. The summed E-state index contributed by atoms with van der Waals surface area (Å²) in [6.45, 7) is 29.6. The predicted molar refractivity (Wildman–Crippen MR) is 337 cm³/mol. The molecule has 0 spiro atoms. The maximum Gasteiger partial charge on any atom is 0.295 e. The lowest BCUT2D eigenvalue weighted by Crippen LogP contribution is -2.32. The minimum atomic E-state index is -4.86. The SMILES string of the molecule is CCCCCCCN(C)Cc1cc2c(-c3ccccc3S(=O)(=O)O)c3cc(S(=O)(=O)N(C)CCCCCCC)c(=Nc4c(C)cc(C)c(NC(=O)CC(C)(C)C)c4C)cc-3oc2cc1Nc1c(C)cc(C)c(NC(=O)CC(C)(C)C)c1C. The van der Waals surface area contributed by atoms with Crippen LogP contribution in [0, 0.1) is 52.4 Å². The van der Waals surface area contributed by atoms with Gasteiger partial charge in [0.25, 0.3) is 10.1 Å². The molecule has 0 bridgehead atoms. The molecule has 2 amide bonds. The van der Waals surface area contributed by atoms with E-state index in [4.69, 9.17) is 9.41 Å². The molecule has 82 heavy (non-hydrogen) atoms. The van der Waals surface area contributed by atoms with Crippen molar-refractivity contribution >= 4 is 71.4 Å². The van der Waals surface area contributed by atoms with Crippen LogP contribution in [-0.2, 0) is 36.3 Å². The molecule has 4 aromatic carbocycles. The van der Waals surface area contributed by atoms with Crippen molar-refractivity contribution in [2.45, 2.75) is 190 Å². The van der Waals surface area contributed by atoms with Gasteiger partial charge in [-0.1, -0.05) is 137 Å². The summed E-state index contributed by atoms with van der Waals surface area (Å²) in [7, 11) is -5.57. The summed E-state index contributed by atoms with van der Waals surface area (Å²) in [5.74, 6) is -0.0485. The second kappa shape index (κ2) is 27.2. The predicted octanol–water partition coefficient (Wildman–Crippen LogP) is 16.0. The van der Waals surface area contributed by atoms with Crippen molar-refractivity contribution in [1.29, 1.82) is 0 Å². The van der Waals surface area contributed by atoms with Crippen LogP contribution in [0.25, 0.3) is 33.4 Å². The third-order valence-electron chi connectivity index (χ3n) is 15.1. The summed E-state index contributed by atoms with van der Waals surface area (Å²) in [5, 5.41) is 10.7. The van der Waals surface area contributed by atoms with Crippen molar-refractivity contribution in [3.05, 3.63) is 105 Å². The molecule has 0 unspecified atom stereocenters. The number of nitrogens with zero attached hydrogens (tertiary/aromatic N) is 3. The van der Waals surface area contributed by atoms with Crippen molar-refractivity contribution in [2.24, 2.45) is 15.8 Å². The second-order valence-corrected chi connectivity index (χ2v) is 28.6. The van der Waals surface area contributed by atoms with Gasteiger partial charge < -0.3 is 25.3 Å². The molecule has 2 aliphatic rings. The molecule has 1 heterocycles. The largest absolute Gasteiger partial charge is 0.456 e. The van der Waals surface area contributed by atoms with E-state index in [0.717, 1.165) is 103 Å². The number of benzene rings is 5. The number of carbonyl (C=O) groups is 2. The average Bonchev–Trinajstić information content (AvgIpc) is 2.76. The first-order chi connectivity index (χ1) is 38.3. The molecule has 0 radical (unpaired) electrons. The molecular weight excluding hydrogens is 1070 g/mol. The van der Waals surface area contributed by atoms with Crippen molar-refractivity contribution in [1.82, 2.24) is 9.21 Å². The molecule has 1 aliphatic heterocycles. The Morgan fingerprint density at radius 3 is 1.73 bits per heavy atom. The van der Waals surface area contributed by atoms with Crippen LogP contribution in [0.1, 0.15) is 171 Å². The minimum Gasteiger partial charge on any atom is -0.456 e. The Balaban J connectivity index is 1.74. The molecule has 1 aliphatic carbocycles. The van der Waals surface area contributed by atoms with Crippen LogP contribution in [0.15, 0.2) is 79.9 Å². The summed E-state index contributed by atoms with van der Waals surface area (Å²) in [6, 6.07) is 17.1. The number of anilines is 4. The number of unbranched alkanes of at least 4 members (excludes halogenated alkanes) is 8. The molecule has 14 nitrogen and oxygen atoms in total. The van der Waals surface area contributed by atoms with Gasteiger partial charge >= 0.3 is 0 Å². The van der Waals surface area contributed by atoms with E-state index < -0.39 is 20.1 Å². The van der Waals surface area contributed by atoms with Crippen LogP contribution >= 0.6 is 0 Å². The molecule has 4 aromatic rings. The first-order valence-electron chi connectivity index (χ1n) is 29.3. The number of aryl methyl sites for hydroxylation is 4. The quantitative estimate of drug-likeness (QED) is 0.0244. The fourth-order valence-corrected chi connectivity index (χ4v) is 13.0. The van der Waals surface area contributed by atoms with Crippen LogP contribution in [0.3, 0.4) is 0 Å². The fraction of sp³-hybridized carbons (Fsp3) is 0.500. The lowest BCUT2D eigenvalue weighted by Gasteiger charge is -2.25.